The Hall–Kier alpha value is -3.54. The lowest BCUT2D eigenvalue weighted by Crippen LogP contribution is -2.03. The van der Waals surface area contributed by atoms with Crippen LogP contribution in [0.5, 0.6) is 11.8 Å². The minimum atomic E-state index is -0.283. The molecule has 0 amide bonds. The van der Waals surface area contributed by atoms with Crippen molar-refractivity contribution in [3.8, 4) is 34.4 Å². The van der Waals surface area contributed by atoms with Gasteiger partial charge in [0.05, 0.1) is 23.4 Å². The molecule has 28 heavy (non-hydrogen) atoms. The summed E-state index contributed by atoms with van der Waals surface area (Å²) in [4.78, 5) is 13.4. The molecule has 4 aromatic rings. The minimum Gasteiger partial charge on any atom is -0.424 e. The van der Waals surface area contributed by atoms with E-state index in [1.807, 2.05) is 41.0 Å². The standard InChI is InChI=1S/C22H19FN4O/c1-15(2)27-14-25-20(16-8-10-17(23)11-9-16)21(27)19-12-13-24-22(26-19)28-18-6-4-3-5-7-18/h3-15H,1-2H3. The highest BCUT2D eigenvalue weighted by atomic mass is 19.1. The van der Waals surface area contributed by atoms with E-state index in [0.717, 1.165) is 17.0 Å². The van der Waals surface area contributed by atoms with Crippen LogP contribution in [0, 0.1) is 5.82 Å². The highest BCUT2D eigenvalue weighted by Crippen LogP contribution is 2.33. The van der Waals surface area contributed by atoms with Gasteiger partial charge in [-0.05, 0) is 56.3 Å². The van der Waals surface area contributed by atoms with Crippen LogP contribution < -0.4 is 4.74 Å². The first-order valence-corrected chi connectivity index (χ1v) is 9.01. The van der Waals surface area contributed by atoms with Gasteiger partial charge >= 0.3 is 6.01 Å². The smallest absolute Gasteiger partial charge is 0.322 e. The Labute approximate surface area is 162 Å². The largest absolute Gasteiger partial charge is 0.424 e. The summed E-state index contributed by atoms with van der Waals surface area (Å²) in [5.74, 6) is 0.380. The molecule has 2 heterocycles. The van der Waals surface area contributed by atoms with Gasteiger partial charge in [0.25, 0.3) is 0 Å². The average molecular weight is 374 g/mol. The van der Waals surface area contributed by atoms with Crippen LogP contribution in [0.1, 0.15) is 19.9 Å². The fraction of sp³-hybridized carbons (Fsp3) is 0.136. The first-order chi connectivity index (χ1) is 13.6. The van der Waals surface area contributed by atoms with Gasteiger partial charge < -0.3 is 9.30 Å². The van der Waals surface area contributed by atoms with E-state index in [0.29, 0.717) is 11.4 Å². The lowest BCUT2D eigenvalue weighted by molar-refractivity contribution is 0.442. The Kier molecular flexibility index (Phi) is 4.85. The van der Waals surface area contributed by atoms with Gasteiger partial charge in [0.2, 0.25) is 0 Å². The van der Waals surface area contributed by atoms with Gasteiger partial charge in [-0.15, -0.1) is 0 Å². The van der Waals surface area contributed by atoms with Crippen LogP contribution in [0.15, 0.2) is 73.2 Å². The Morgan fingerprint density at radius 1 is 0.929 bits per heavy atom. The van der Waals surface area contributed by atoms with Gasteiger partial charge in [-0.3, -0.25) is 0 Å². The van der Waals surface area contributed by atoms with Crippen LogP contribution >= 0.6 is 0 Å². The number of hydrogen-bond donors (Lipinski definition) is 0. The molecule has 0 aliphatic heterocycles. The zero-order valence-electron chi connectivity index (χ0n) is 15.6. The molecule has 0 bridgehead atoms. The van der Waals surface area contributed by atoms with Crippen LogP contribution in [-0.4, -0.2) is 19.5 Å². The normalized spacial score (nSPS) is 11.0. The van der Waals surface area contributed by atoms with E-state index in [1.165, 1.54) is 12.1 Å². The van der Waals surface area contributed by atoms with Crippen molar-refractivity contribution in [3.63, 3.8) is 0 Å². The average Bonchev–Trinajstić information content (AvgIpc) is 3.15. The third-order valence-electron chi connectivity index (χ3n) is 4.30. The fourth-order valence-electron chi connectivity index (χ4n) is 2.94. The lowest BCUT2D eigenvalue weighted by Gasteiger charge is -2.13. The molecule has 0 aliphatic carbocycles. The third-order valence-corrected chi connectivity index (χ3v) is 4.30. The number of nitrogens with zero attached hydrogens (tertiary/aromatic N) is 4. The van der Waals surface area contributed by atoms with Gasteiger partial charge in [0.15, 0.2) is 0 Å². The summed E-state index contributed by atoms with van der Waals surface area (Å²) < 4.78 is 21.2. The summed E-state index contributed by atoms with van der Waals surface area (Å²) in [5, 5.41) is 0. The monoisotopic (exact) mass is 374 g/mol. The molecule has 4 rings (SSSR count). The molecule has 0 fully saturated rings. The van der Waals surface area contributed by atoms with E-state index in [-0.39, 0.29) is 17.9 Å². The van der Waals surface area contributed by atoms with Gasteiger partial charge in [0.1, 0.15) is 11.6 Å². The van der Waals surface area contributed by atoms with Crippen LogP contribution in [0.3, 0.4) is 0 Å². The van der Waals surface area contributed by atoms with Crippen molar-refractivity contribution in [2.24, 2.45) is 0 Å². The molecule has 0 atom stereocenters. The molecule has 5 nitrogen and oxygen atoms in total. The van der Waals surface area contributed by atoms with Gasteiger partial charge in [-0.2, -0.15) is 4.98 Å². The predicted molar refractivity (Wildman–Crippen MR) is 106 cm³/mol. The summed E-state index contributed by atoms with van der Waals surface area (Å²) >= 11 is 0. The fourth-order valence-corrected chi connectivity index (χ4v) is 2.94. The number of aromatic nitrogens is 4. The molecule has 140 valence electrons. The molecule has 0 unspecified atom stereocenters. The number of ether oxygens (including phenoxy) is 1. The molecule has 0 saturated carbocycles. The summed E-state index contributed by atoms with van der Waals surface area (Å²) in [6.45, 7) is 4.14. The first kappa shape index (κ1) is 17.9. The number of hydrogen-bond acceptors (Lipinski definition) is 4. The zero-order chi connectivity index (χ0) is 19.5. The van der Waals surface area contributed by atoms with Crippen LogP contribution in [0.4, 0.5) is 4.39 Å². The van der Waals surface area contributed by atoms with Crippen molar-refractivity contribution in [2.45, 2.75) is 19.9 Å². The molecule has 2 aromatic carbocycles. The van der Waals surface area contributed by atoms with Gasteiger partial charge in [0, 0.05) is 17.8 Å². The molecule has 6 heteroatoms. The summed E-state index contributed by atoms with van der Waals surface area (Å²) in [6.07, 6.45) is 3.44. The number of rotatable bonds is 5. The topological polar surface area (TPSA) is 52.8 Å². The van der Waals surface area contributed by atoms with Gasteiger partial charge in [-0.25, -0.2) is 14.4 Å². The highest BCUT2D eigenvalue weighted by Gasteiger charge is 2.19. The lowest BCUT2D eigenvalue weighted by atomic mass is 10.1. The number of benzene rings is 2. The van der Waals surface area contributed by atoms with Crippen molar-refractivity contribution in [1.82, 2.24) is 19.5 Å². The highest BCUT2D eigenvalue weighted by molar-refractivity contribution is 5.76. The third kappa shape index (κ3) is 3.62. The van der Waals surface area contributed by atoms with E-state index in [4.69, 9.17) is 4.74 Å². The molecular formula is C22H19FN4O. The Morgan fingerprint density at radius 3 is 2.39 bits per heavy atom. The maximum atomic E-state index is 13.4. The summed E-state index contributed by atoms with van der Waals surface area (Å²) in [7, 11) is 0. The second-order valence-corrected chi connectivity index (χ2v) is 6.59. The van der Waals surface area contributed by atoms with Gasteiger partial charge in [-0.1, -0.05) is 18.2 Å². The summed E-state index contributed by atoms with van der Waals surface area (Å²) in [6, 6.07) is 17.9. The van der Waals surface area contributed by atoms with E-state index < -0.39 is 0 Å². The van der Waals surface area contributed by atoms with E-state index in [1.54, 1.807) is 24.7 Å². The minimum absolute atomic E-state index is 0.171. The number of para-hydroxylation sites is 1. The van der Waals surface area contributed by atoms with E-state index in [2.05, 4.69) is 28.8 Å². The Morgan fingerprint density at radius 2 is 1.68 bits per heavy atom. The predicted octanol–water partition coefficient (Wildman–Crippen LogP) is 5.52. The van der Waals surface area contributed by atoms with Crippen LogP contribution in [0.2, 0.25) is 0 Å². The molecule has 0 saturated heterocycles. The zero-order valence-corrected chi connectivity index (χ0v) is 15.6. The van der Waals surface area contributed by atoms with Crippen LogP contribution in [0.25, 0.3) is 22.6 Å². The molecule has 0 aliphatic rings. The molecule has 0 radical (unpaired) electrons. The second kappa shape index (κ2) is 7.60. The number of halogens is 1. The Balaban J connectivity index is 1.79. The maximum absolute atomic E-state index is 13.4. The number of imidazole rings is 1. The Bertz CT molecular complexity index is 1080. The van der Waals surface area contributed by atoms with Crippen molar-refractivity contribution < 1.29 is 9.13 Å². The van der Waals surface area contributed by atoms with Crippen molar-refractivity contribution in [3.05, 3.63) is 79.0 Å². The molecule has 2 aromatic heterocycles. The second-order valence-electron chi connectivity index (χ2n) is 6.59. The maximum Gasteiger partial charge on any atom is 0.322 e. The summed E-state index contributed by atoms with van der Waals surface area (Å²) in [5.41, 5.74) is 3.08. The quantitative estimate of drug-likeness (QED) is 0.462. The molecular weight excluding hydrogens is 355 g/mol. The van der Waals surface area contributed by atoms with E-state index in [9.17, 15) is 4.39 Å². The molecule has 0 N–H and O–H groups in total. The van der Waals surface area contributed by atoms with Crippen molar-refractivity contribution in [1.29, 1.82) is 0 Å². The molecule has 0 spiro atoms. The van der Waals surface area contributed by atoms with Crippen LogP contribution in [-0.2, 0) is 0 Å². The van der Waals surface area contributed by atoms with Crippen molar-refractivity contribution >= 4 is 0 Å². The first-order valence-electron chi connectivity index (χ1n) is 9.01. The van der Waals surface area contributed by atoms with E-state index >= 15 is 0 Å². The van der Waals surface area contributed by atoms with Crippen molar-refractivity contribution in [2.75, 3.05) is 0 Å². The SMILES string of the molecule is CC(C)n1cnc(-c2ccc(F)cc2)c1-c1ccnc(Oc2ccccc2)n1.